The van der Waals surface area contributed by atoms with Crippen LogP contribution < -0.4 is 5.73 Å². The van der Waals surface area contributed by atoms with Gasteiger partial charge in [0.15, 0.2) is 5.76 Å². The van der Waals surface area contributed by atoms with Crippen LogP contribution in [0.3, 0.4) is 0 Å². The molecule has 0 saturated carbocycles. The van der Waals surface area contributed by atoms with Gasteiger partial charge in [-0.2, -0.15) is 0 Å². The number of benzene rings is 1. The third-order valence-electron chi connectivity index (χ3n) is 4.26. The lowest BCUT2D eigenvalue weighted by molar-refractivity contribution is 0.0710. The van der Waals surface area contributed by atoms with Gasteiger partial charge in [-0.05, 0) is 32.3 Å². The molecule has 1 unspecified atom stereocenters. The van der Waals surface area contributed by atoms with E-state index in [0.29, 0.717) is 12.3 Å². The second-order valence-corrected chi connectivity index (χ2v) is 5.54. The van der Waals surface area contributed by atoms with Crippen LogP contribution in [-0.2, 0) is 0 Å². The summed E-state index contributed by atoms with van der Waals surface area (Å²) in [7, 11) is 0. The molecule has 21 heavy (non-hydrogen) atoms. The molecular formula is C16H21ClN2O2. The van der Waals surface area contributed by atoms with Gasteiger partial charge in [-0.25, -0.2) is 0 Å². The lowest BCUT2D eigenvalue weighted by Crippen LogP contribution is -2.40. The summed E-state index contributed by atoms with van der Waals surface area (Å²) in [6, 6.07) is 6.14. The molecule has 2 N–H and O–H groups in total. The van der Waals surface area contributed by atoms with Crippen molar-refractivity contribution < 1.29 is 9.21 Å². The van der Waals surface area contributed by atoms with Crippen LogP contribution in [0.4, 0.5) is 0 Å². The minimum absolute atomic E-state index is 0. The normalized spacial score (nSPS) is 18.0. The van der Waals surface area contributed by atoms with Crippen LogP contribution in [0.25, 0.3) is 11.0 Å². The van der Waals surface area contributed by atoms with E-state index in [1.54, 1.807) is 0 Å². The molecule has 114 valence electrons. The highest BCUT2D eigenvalue weighted by atomic mass is 35.5. The number of nitrogens with two attached hydrogens (primary N) is 1. The zero-order valence-corrected chi connectivity index (χ0v) is 13.2. The van der Waals surface area contributed by atoms with Gasteiger partial charge in [0.05, 0.1) is 0 Å². The van der Waals surface area contributed by atoms with Crippen molar-refractivity contribution >= 4 is 29.3 Å². The maximum atomic E-state index is 12.7. The number of likely N-dealkylation sites (tertiary alicyclic amines) is 1. The molecule has 0 spiro atoms. The Morgan fingerprint density at radius 3 is 2.86 bits per heavy atom. The molecule has 1 fully saturated rings. The molecule has 1 aromatic carbocycles. The minimum atomic E-state index is -0.0222. The van der Waals surface area contributed by atoms with E-state index in [2.05, 4.69) is 0 Å². The van der Waals surface area contributed by atoms with E-state index in [4.69, 9.17) is 10.2 Å². The van der Waals surface area contributed by atoms with E-state index in [9.17, 15) is 4.79 Å². The molecule has 2 aromatic rings. The second-order valence-electron chi connectivity index (χ2n) is 5.54. The molecule has 3 rings (SSSR count). The maximum absolute atomic E-state index is 12.7. The number of carbonyl (C=O) groups is 1. The molecule has 0 aliphatic carbocycles. The van der Waals surface area contributed by atoms with E-state index < -0.39 is 0 Å². The summed E-state index contributed by atoms with van der Waals surface area (Å²) in [5.74, 6) is 0.445. The third-order valence-corrected chi connectivity index (χ3v) is 4.26. The molecule has 4 nitrogen and oxygen atoms in total. The predicted octanol–water partition coefficient (Wildman–Crippen LogP) is 3.03. The van der Waals surface area contributed by atoms with Crippen molar-refractivity contribution in [2.45, 2.75) is 32.7 Å². The van der Waals surface area contributed by atoms with Crippen molar-refractivity contribution in [1.82, 2.24) is 4.90 Å². The zero-order valence-electron chi connectivity index (χ0n) is 12.4. The minimum Gasteiger partial charge on any atom is -0.450 e. The topological polar surface area (TPSA) is 59.5 Å². The van der Waals surface area contributed by atoms with Gasteiger partial charge in [0.25, 0.3) is 5.91 Å². The Balaban J connectivity index is 0.00000161. The summed E-state index contributed by atoms with van der Waals surface area (Å²) in [6.45, 7) is 5.24. The van der Waals surface area contributed by atoms with Gasteiger partial charge in [-0.3, -0.25) is 4.79 Å². The van der Waals surface area contributed by atoms with E-state index in [-0.39, 0.29) is 24.4 Å². The first-order valence-corrected chi connectivity index (χ1v) is 7.13. The van der Waals surface area contributed by atoms with Gasteiger partial charge >= 0.3 is 0 Å². The van der Waals surface area contributed by atoms with Crippen LogP contribution >= 0.6 is 12.4 Å². The fourth-order valence-electron chi connectivity index (χ4n) is 3.07. The highest BCUT2D eigenvalue weighted by Gasteiger charge is 2.31. The number of amides is 1. The Morgan fingerprint density at radius 1 is 1.43 bits per heavy atom. The van der Waals surface area contributed by atoms with Crippen molar-refractivity contribution in [2.75, 3.05) is 13.1 Å². The Bertz CT molecular complexity index is 666. The number of carbonyl (C=O) groups excluding carboxylic acids is 1. The molecule has 1 aromatic heterocycles. The van der Waals surface area contributed by atoms with E-state index in [1.165, 1.54) is 0 Å². The molecule has 2 heterocycles. The Labute approximate surface area is 130 Å². The molecule has 5 heteroatoms. The summed E-state index contributed by atoms with van der Waals surface area (Å²) in [6.07, 6.45) is 2.01. The number of nitrogens with zero attached hydrogens (tertiary/aromatic N) is 1. The fourth-order valence-corrected chi connectivity index (χ4v) is 3.07. The maximum Gasteiger partial charge on any atom is 0.290 e. The number of aryl methyl sites for hydroxylation is 2. The molecule has 0 radical (unpaired) electrons. The number of hydrogen-bond donors (Lipinski definition) is 1. The number of halogens is 1. The van der Waals surface area contributed by atoms with E-state index >= 15 is 0 Å². The molecule has 1 aliphatic heterocycles. The lowest BCUT2D eigenvalue weighted by Gasteiger charge is -2.22. The predicted molar refractivity (Wildman–Crippen MR) is 86.0 cm³/mol. The van der Waals surface area contributed by atoms with Crippen molar-refractivity contribution in [3.63, 3.8) is 0 Å². The molecule has 1 aliphatic rings. The molecule has 1 atom stereocenters. The number of hydrogen-bond acceptors (Lipinski definition) is 3. The fraction of sp³-hybridized carbons (Fsp3) is 0.438. The first kappa shape index (κ1) is 15.9. The average Bonchev–Trinajstić information content (AvgIpc) is 3.04. The third kappa shape index (κ3) is 2.54. The number of fused-ring (bicyclic) bond motifs is 1. The van der Waals surface area contributed by atoms with Crippen molar-refractivity contribution in [3.05, 3.63) is 35.1 Å². The summed E-state index contributed by atoms with van der Waals surface area (Å²) >= 11 is 0. The summed E-state index contributed by atoms with van der Waals surface area (Å²) < 4.78 is 5.86. The first-order valence-electron chi connectivity index (χ1n) is 7.13. The van der Waals surface area contributed by atoms with Crippen LogP contribution in [0.15, 0.2) is 22.6 Å². The summed E-state index contributed by atoms with van der Waals surface area (Å²) in [5.41, 5.74) is 8.55. The van der Waals surface area contributed by atoms with Crippen LogP contribution in [0.2, 0.25) is 0 Å². The van der Waals surface area contributed by atoms with Crippen molar-refractivity contribution in [2.24, 2.45) is 5.73 Å². The van der Waals surface area contributed by atoms with Crippen molar-refractivity contribution in [3.8, 4) is 0 Å². The standard InChI is InChI=1S/C16H20N2O2.ClH/c1-10-5-3-7-13-11(2)15(20-14(10)13)16(19)18-8-4-6-12(18)9-17;/h3,5,7,12H,4,6,8-9,17H2,1-2H3;1H. The Kier molecular flexibility index (Phi) is 4.59. The van der Waals surface area contributed by atoms with Crippen LogP contribution in [0.5, 0.6) is 0 Å². The van der Waals surface area contributed by atoms with Gasteiger partial charge < -0.3 is 15.1 Å². The average molecular weight is 309 g/mol. The largest absolute Gasteiger partial charge is 0.450 e. The SMILES string of the molecule is Cc1c(C(=O)N2CCCC2CN)oc2c(C)cccc12.Cl. The van der Waals surface area contributed by atoms with Crippen LogP contribution in [-0.4, -0.2) is 29.9 Å². The van der Waals surface area contributed by atoms with Gasteiger partial charge in [0.1, 0.15) is 5.58 Å². The number of furan rings is 1. The molecular weight excluding hydrogens is 288 g/mol. The smallest absolute Gasteiger partial charge is 0.290 e. The summed E-state index contributed by atoms with van der Waals surface area (Å²) in [5, 5.41) is 1.02. The van der Waals surface area contributed by atoms with E-state index in [1.807, 2.05) is 36.9 Å². The first-order chi connectivity index (χ1) is 9.63. The molecule has 0 bridgehead atoms. The number of para-hydroxylation sites is 1. The summed E-state index contributed by atoms with van der Waals surface area (Å²) in [4.78, 5) is 14.6. The second kappa shape index (κ2) is 6.08. The van der Waals surface area contributed by atoms with Crippen molar-refractivity contribution in [1.29, 1.82) is 0 Å². The van der Waals surface area contributed by atoms with Gasteiger partial charge in [-0.15, -0.1) is 12.4 Å². The van der Waals surface area contributed by atoms with Gasteiger partial charge in [-0.1, -0.05) is 18.2 Å². The highest BCUT2D eigenvalue weighted by Crippen LogP contribution is 2.30. The lowest BCUT2D eigenvalue weighted by atomic mass is 10.1. The zero-order chi connectivity index (χ0) is 14.3. The van der Waals surface area contributed by atoms with Crippen LogP contribution in [0.1, 0.15) is 34.5 Å². The molecule has 1 saturated heterocycles. The number of rotatable bonds is 2. The molecule has 1 amide bonds. The van der Waals surface area contributed by atoms with Crippen LogP contribution in [0, 0.1) is 13.8 Å². The van der Waals surface area contributed by atoms with Gasteiger partial charge in [0.2, 0.25) is 0 Å². The quantitative estimate of drug-likeness (QED) is 0.927. The van der Waals surface area contributed by atoms with E-state index in [0.717, 1.165) is 41.5 Å². The Morgan fingerprint density at radius 2 is 2.19 bits per heavy atom. The Hall–Kier alpha value is -1.52. The highest BCUT2D eigenvalue weighted by molar-refractivity contribution is 5.99. The monoisotopic (exact) mass is 308 g/mol. The van der Waals surface area contributed by atoms with Gasteiger partial charge in [0, 0.05) is 30.1 Å².